The molecule has 0 unspecified atom stereocenters. The first kappa shape index (κ1) is 14.6. The van der Waals surface area contributed by atoms with E-state index in [2.05, 4.69) is 20.6 Å². The van der Waals surface area contributed by atoms with Crippen LogP contribution in [0.1, 0.15) is 32.6 Å². The molecule has 0 aromatic carbocycles. The zero-order chi connectivity index (χ0) is 14.4. The molecule has 0 bridgehead atoms. The summed E-state index contributed by atoms with van der Waals surface area (Å²) in [6.45, 7) is 2.48. The molecule has 1 aromatic rings. The van der Waals surface area contributed by atoms with E-state index in [0.717, 1.165) is 25.7 Å². The van der Waals surface area contributed by atoms with Crippen molar-refractivity contribution in [2.75, 3.05) is 19.0 Å². The highest BCUT2D eigenvalue weighted by molar-refractivity contribution is 5.79. The van der Waals surface area contributed by atoms with Crippen LogP contribution in [0.5, 0.6) is 5.88 Å². The maximum Gasteiger partial charge on any atom is 0.224 e. The third-order valence-electron chi connectivity index (χ3n) is 3.62. The average Bonchev–Trinajstić information content (AvgIpc) is 2.48. The largest absolute Gasteiger partial charge is 0.478 e. The van der Waals surface area contributed by atoms with E-state index in [1.165, 1.54) is 6.33 Å². The molecule has 0 aliphatic heterocycles. The molecule has 0 radical (unpaired) electrons. The lowest BCUT2D eigenvalue weighted by molar-refractivity contribution is -0.125. The summed E-state index contributed by atoms with van der Waals surface area (Å²) in [7, 11) is 1.69. The number of amides is 1. The van der Waals surface area contributed by atoms with E-state index < -0.39 is 0 Å². The number of ether oxygens (including phenoxy) is 1. The van der Waals surface area contributed by atoms with Gasteiger partial charge in [0.05, 0.1) is 12.5 Å². The Kier molecular flexibility index (Phi) is 5.15. The molecule has 1 heterocycles. The summed E-state index contributed by atoms with van der Waals surface area (Å²) in [4.78, 5) is 20.2. The number of nitrogens with one attached hydrogen (secondary N) is 2. The first-order valence-corrected chi connectivity index (χ1v) is 7.17. The highest BCUT2D eigenvalue weighted by atomic mass is 16.5. The molecule has 2 atom stereocenters. The summed E-state index contributed by atoms with van der Waals surface area (Å²) in [6, 6.07) is 1.90. The molecule has 6 nitrogen and oxygen atoms in total. The van der Waals surface area contributed by atoms with Gasteiger partial charge in [-0.15, -0.1) is 0 Å². The second kappa shape index (κ2) is 7.07. The maximum absolute atomic E-state index is 11.9. The number of carbonyl (C=O) groups is 1. The SMILES string of the molecule is CCOc1cc(N[C@@H]2CCCC[C@@H]2C(=O)NC)ncn1. The number of hydrogen-bond acceptors (Lipinski definition) is 5. The van der Waals surface area contributed by atoms with E-state index >= 15 is 0 Å². The molecule has 6 heteroatoms. The number of hydrogen-bond donors (Lipinski definition) is 2. The standard InChI is InChI=1S/C14H22N4O2/c1-3-20-13-8-12(16-9-17-13)18-11-7-5-4-6-10(11)14(19)15-2/h8-11H,3-7H2,1-2H3,(H,15,19)(H,16,17,18)/t10-,11+/m0/s1. The van der Waals surface area contributed by atoms with Crippen molar-refractivity contribution in [1.82, 2.24) is 15.3 Å². The Labute approximate surface area is 119 Å². The van der Waals surface area contributed by atoms with E-state index in [4.69, 9.17) is 4.74 Å². The van der Waals surface area contributed by atoms with Crippen LogP contribution in [-0.2, 0) is 4.79 Å². The quantitative estimate of drug-likeness (QED) is 0.855. The van der Waals surface area contributed by atoms with Crippen molar-refractivity contribution >= 4 is 11.7 Å². The minimum atomic E-state index is -0.000686. The van der Waals surface area contributed by atoms with Crippen LogP contribution in [0.3, 0.4) is 0 Å². The van der Waals surface area contributed by atoms with E-state index in [0.29, 0.717) is 18.3 Å². The van der Waals surface area contributed by atoms with Gasteiger partial charge in [0.2, 0.25) is 11.8 Å². The van der Waals surface area contributed by atoms with E-state index in [1.54, 1.807) is 13.1 Å². The summed E-state index contributed by atoms with van der Waals surface area (Å²) in [6.07, 6.45) is 5.61. The van der Waals surface area contributed by atoms with Gasteiger partial charge in [-0.25, -0.2) is 9.97 Å². The molecule has 0 spiro atoms. The molecule has 1 amide bonds. The second-order valence-corrected chi connectivity index (χ2v) is 4.93. The van der Waals surface area contributed by atoms with Crippen LogP contribution in [-0.4, -0.2) is 35.6 Å². The molecule has 1 fully saturated rings. The minimum absolute atomic E-state index is 0.000686. The molecule has 110 valence electrons. The second-order valence-electron chi connectivity index (χ2n) is 4.93. The third-order valence-corrected chi connectivity index (χ3v) is 3.62. The lowest BCUT2D eigenvalue weighted by Gasteiger charge is -2.31. The average molecular weight is 278 g/mol. The molecule has 1 aliphatic rings. The van der Waals surface area contributed by atoms with E-state index in [-0.39, 0.29) is 17.9 Å². The monoisotopic (exact) mass is 278 g/mol. The summed E-state index contributed by atoms with van der Waals surface area (Å²) < 4.78 is 5.36. The Bertz CT molecular complexity index is 453. The Morgan fingerprint density at radius 2 is 2.20 bits per heavy atom. The molecule has 1 saturated carbocycles. The molecule has 1 aliphatic carbocycles. The van der Waals surface area contributed by atoms with Gasteiger partial charge in [-0.3, -0.25) is 4.79 Å². The zero-order valence-corrected chi connectivity index (χ0v) is 12.1. The molecule has 20 heavy (non-hydrogen) atoms. The van der Waals surface area contributed by atoms with Gasteiger partial charge in [0.1, 0.15) is 12.1 Å². The van der Waals surface area contributed by atoms with Gasteiger partial charge in [-0.2, -0.15) is 0 Å². The van der Waals surface area contributed by atoms with E-state index in [1.807, 2.05) is 6.92 Å². The molecule has 2 rings (SSSR count). The van der Waals surface area contributed by atoms with Crippen LogP contribution in [0.15, 0.2) is 12.4 Å². The number of carbonyl (C=O) groups excluding carboxylic acids is 1. The fraction of sp³-hybridized carbons (Fsp3) is 0.643. The molecule has 1 aromatic heterocycles. The van der Waals surface area contributed by atoms with Gasteiger partial charge < -0.3 is 15.4 Å². The fourth-order valence-electron chi connectivity index (χ4n) is 2.64. The Hall–Kier alpha value is -1.85. The predicted octanol–water partition coefficient (Wildman–Crippen LogP) is 1.59. The Balaban J connectivity index is 2.06. The van der Waals surface area contributed by atoms with Crippen molar-refractivity contribution in [2.24, 2.45) is 5.92 Å². The lowest BCUT2D eigenvalue weighted by Crippen LogP contribution is -2.42. The summed E-state index contributed by atoms with van der Waals surface area (Å²) in [5.74, 6) is 1.36. The molecule has 0 saturated heterocycles. The summed E-state index contributed by atoms with van der Waals surface area (Å²) >= 11 is 0. The minimum Gasteiger partial charge on any atom is -0.478 e. The van der Waals surface area contributed by atoms with Crippen molar-refractivity contribution in [2.45, 2.75) is 38.6 Å². The van der Waals surface area contributed by atoms with Crippen LogP contribution in [0.2, 0.25) is 0 Å². The number of nitrogens with zero attached hydrogens (tertiary/aromatic N) is 2. The van der Waals surface area contributed by atoms with Gasteiger partial charge in [0.25, 0.3) is 0 Å². The predicted molar refractivity (Wildman–Crippen MR) is 76.6 cm³/mol. The highest BCUT2D eigenvalue weighted by Crippen LogP contribution is 2.27. The van der Waals surface area contributed by atoms with Crippen LogP contribution in [0.25, 0.3) is 0 Å². The van der Waals surface area contributed by atoms with Crippen molar-refractivity contribution in [3.63, 3.8) is 0 Å². The van der Waals surface area contributed by atoms with Crippen molar-refractivity contribution in [1.29, 1.82) is 0 Å². The third kappa shape index (κ3) is 3.59. The van der Waals surface area contributed by atoms with Crippen LogP contribution in [0.4, 0.5) is 5.82 Å². The molecule has 2 N–H and O–H groups in total. The number of anilines is 1. The van der Waals surface area contributed by atoms with Gasteiger partial charge >= 0.3 is 0 Å². The summed E-state index contributed by atoms with van der Waals surface area (Å²) in [5, 5.41) is 6.10. The zero-order valence-electron chi connectivity index (χ0n) is 12.1. The van der Waals surface area contributed by atoms with Gasteiger partial charge in [0, 0.05) is 19.2 Å². The summed E-state index contributed by atoms with van der Waals surface area (Å²) in [5.41, 5.74) is 0. The maximum atomic E-state index is 11.9. The smallest absolute Gasteiger partial charge is 0.224 e. The van der Waals surface area contributed by atoms with Crippen molar-refractivity contribution < 1.29 is 9.53 Å². The van der Waals surface area contributed by atoms with Gasteiger partial charge in [0.15, 0.2) is 0 Å². The van der Waals surface area contributed by atoms with Gasteiger partial charge in [-0.05, 0) is 19.8 Å². The lowest BCUT2D eigenvalue weighted by atomic mass is 9.84. The first-order chi connectivity index (χ1) is 9.74. The Morgan fingerprint density at radius 1 is 1.40 bits per heavy atom. The normalized spacial score (nSPS) is 22.1. The van der Waals surface area contributed by atoms with Crippen molar-refractivity contribution in [3.8, 4) is 5.88 Å². The van der Waals surface area contributed by atoms with E-state index in [9.17, 15) is 4.79 Å². The molecular formula is C14H22N4O2. The van der Waals surface area contributed by atoms with Crippen LogP contribution >= 0.6 is 0 Å². The molecular weight excluding hydrogens is 256 g/mol. The Morgan fingerprint density at radius 3 is 2.95 bits per heavy atom. The fourth-order valence-corrected chi connectivity index (χ4v) is 2.64. The van der Waals surface area contributed by atoms with Gasteiger partial charge in [-0.1, -0.05) is 12.8 Å². The number of rotatable bonds is 5. The van der Waals surface area contributed by atoms with Crippen molar-refractivity contribution in [3.05, 3.63) is 12.4 Å². The highest BCUT2D eigenvalue weighted by Gasteiger charge is 2.30. The topological polar surface area (TPSA) is 76.1 Å². The number of aromatic nitrogens is 2. The van der Waals surface area contributed by atoms with Crippen LogP contribution < -0.4 is 15.4 Å². The van der Waals surface area contributed by atoms with Crippen LogP contribution in [0, 0.1) is 5.92 Å². The first-order valence-electron chi connectivity index (χ1n) is 7.17.